The number of amides is 2. The Morgan fingerprint density at radius 2 is 1.89 bits per heavy atom. The molecule has 1 unspecified atom stereocenters. The molecule has 1 aliphatic rings. The van der Waals surface area contributed by atoms with Crippen LogP contribution in [0.25, 0.3) is 0 Å². The lowest BCUT2D eigenvalue weighted by Crippen LogP contribution is -2.47. The Labute approximate surface area is 161 Å². The number of hydrogen-bond donors (Lipinski definition) is 1. The molecule has 0 saturated heterocycles. The van der Waals surface area contributed by atoms with Crippen molar-refractivity contribution in [1.82, 2.24) is 0 Å². The Balaban J connectivity index is 1.81. The van der Waals surface area contributed by atoms with Crippen molar-refractivity contribution in [2.45, 2.75) is 13.0 Å². The second kappa shape index (κ2) is 7.75. The van der Waals surface area contributed by atoms with Gasteiger partial charge in [0.1, 0.15) is 12.3 Å². The number of hydrogen-bond acceptors (Lipinski definition) is 5. The average Bonchev–Trinajstić information content (AvgIpc) is 2.66. The summed E-state index contributed by atoms with van der Waals surface area (Å²) in [4.78, 5) is 26.5. The van der Waals surface area contributed by atoms with Crippen LogP contribution in [0.4, 0.5) is 11.4 Å². The molecule has 0 aliphatic carbocycles. The highest BCUT2D eigenvalue weighted by Crippen LogP contribution is 2.36. The Morgan fingerprint density at radius 3 is 2.59 bits per heavy atom. The summed E-state index contributed by atoms with van der Waals surface area (Å²) < 4.78 is 16.0. The fourth-order valence-corrected chi connectivity index (χ4v) is 3.01. The van der Waals surface area contributed by atoms with Crippen LogP contribution in [0.5, 0.6) is 17.2 Å². The van der Waals surface area contributed by atoms with Gasteiger partial charge in [-0.3, -0.25) is 14.5 Å². The van der Waals surface area contributed by atoms with E-state index in [-0.39, 0.29) is 12.5 Å². The molecular weight excluding hydrogens is 372 g/mol. The lowest BCUT2D eigenvalue weighted by molar-refractivity contribution is -0.127. The zero-order chi connectivity index (χ0) is 19.6. The average molecular weight is 391 g/mol. The van der Waals surface area contributed by atoms with Gasteiger partial charge in [-0.15, -0.1) is 0 Å². The van der Waals surface area contributed by atoms with E-state index in [2.05, 4.69) is 5.32 Å². The van der Waals surface area contributed by atoms with Crippen LogP contribution < -0.4 is 24.4 Å². The van der Waals surface area contributed by atoms with Gasteiger partial charge >= 0.3 is 0 Å². The van der Waals surface area contributed by atoms with E-state index < -0.39 is 12.0 Å². The molecule has 8 heteroatoms. The van der Waals surface area contributed by atoms with Gasteiger partial charge in [-0.25, -0.2) is 0 Å². The van der Waals surface area contributed by atoms with Crippen molar-refractivity contribution in [2.24, 2.45) is 0 Å². The van der Waals surface area contributed by atoms with Gasteiger partial charge in [0.25, 0.3) is 5.91 Å². The van der Waals surface area contributed by atoms with Crippen LogP contribution in [0.2, 0.25) is 5.02 Å². The monoisotopic (exact) mass is 390 g/mol. The van der Waals surface area contributed by atoms with Gasteiger partial charge in [-0.2, -0.15) is 0 Å². The summed E-state index contributed by atoms with van der Waals surface area (Å²) >= 11 is 6.21. The van der Waals surface area contributed by atoms with Crippen LogP contribution in [0.1, 0.15) is 6.92 Å². The van der Waals surface area contributed by atoms with E-state index in [1.165, 1.54) is 19.1 Å². The summed E-state index contributed by atoms with van der Waals surface area (Å²) in [6.07, 6.45) is -0.669. The Bertz CT molecular complexity index is 886. The number of ether oxygens (including phenoxy) is 3. The Hall–Kier alpha value is -2.93. The van der Waals surface area contributed by atoms with E-state index in [1.54, 1.807) is 37.3 Å². The number of halogens is 1. The van der Waals surface area contributed by atoms with Gasteiger partial charge in [0, 0.05) is 12.1 Å². The first-order chi connectivity index (χ1) is 12.9. The molecule has 2 amide bonds. The Kier molecular flexibility index (Phi) is 5.41. The van der Waals surface area contributed by atoms with Gasteiger partial charge in [-0.05, 0) is 19.1 Å². The molecule has 0 saturated carbocycles. The molecule has 0 radical (unpaired) electrons. The molecule has 0 fully saturated rings. The van der Waals surface area contributed by atoms with E-state index in [0.717, 1.165) is 0 Å². The van der Waals surface area contributed by atoms with Crippen LogP contribution in [-0.2, 0) is 9.59 Å². The summed E-state index contributed by atoms with van der Waals surface area (Å²) in [5.74, 6) is 0.746. The molecule has 7 nitrogen and oxygen atoms in total. The van der Waals surface area contributed by atoms with Crippen LogP contribution in [0.15, 0.2) is 36.4 Å². The predicted octanol–water partition coefficient (Wildman–Crippen LogP) is 3.11. The smallest absolute Gasteiger partial charge is 0.268 e. The van der Waals surface area contributed by atoms with Crippen LogP contribution in [0.3, 0.4) is 0 Å². The summed E-state index contributed by atoms with van der Waals surface area (Å²) in [6.45, 7) is 1.47. The lowest BCUT2D eigenvalue weighted by atomic mass is 10.2. The number of nitrogens with zero attached hydrogens (tertiary/aromatic N) is 1. The maximum Gasteiger partial charge on any atom is 0.268 e. The van der Waals surface area contributed by atoms with Crippen LogP contribution in [0, 0.1) is 0 Å². The zero-order valence-electron chi connectivity index (χ0n) is 15.1. The van der Waals surface area contributed by atoms with Gasteiger partial charge < -0.3 is 19.5 Å². The van der Waals surface area contributed by atoms with E-state index in [4.69, 9.17) is 25.8 Å². The highest BCUT2D eigenvalue weighted by Gasteiger charge is 2.32. The van der Waals surface area contributed by atoms with Crippen LogP contribution in [-0.4, -0.2) is 38.7 Å². The van der Waals surface area contributed by atoms with Crippen molar-refractivity contribution in [3.8, 4) is 17.2 Å². The lowest BCUT2D eigenvalue weighted by Gasteiger charge is -2.32. The minimum atomic E-state index is -0.669. The molecule has 3 rings (SSSR count). The molecule has 1 aliphatic heterocycles. The molecule has 2 aromatic carbocycles. The topological polar surface area (TPSA) is 77.1 Å². The van der Waals surface area contributed by atoms with Crippen molar-refractivity contribution in [1.29, 1.82) is 0 Å². The van der Waals surface area contributed by atoms with E-state index in [1.807, 2.05) is 6.07 Å². The van der Waals surface area contributed by atoms with Crippen molar-refractivity contribution >= 4 is 34.8 Å². The molecule has 1 atom stereocenters. The van der Waals surface area contributed by atoms with Gasteiger partial charge in [0.05, 0.1) is 30.6 Å². The summed E-state index contributed by atoms with van der Waals surface area (Å²) in [7, 11) is 2.98. The highest BCUT2D eigenvalue weighted by molar-refractivity contribution is 6.34. The third-order valence-corrected chi connectivity index (χ3v) is 4.44. The Morgan fingerprint density at radius 1 is 1.22 bits per heavy atom. The first kappa shape index (κ1) is 18.8. The number of benzene rings is 2. The number of anilines is 2. The molecule has 27 heavy (non-hydrogen) atoms. The molecule has 142 valence electrons. The number of carbonyl (C=O) groups excluding carboxylic acids is 2. The molecular formula is C19H19ClN2O5. The number of nitrogens with one attached hydrogen (secondary N) is 1. The summed E-state index contributed by atoms with van der Waals surface area (Å²) in [5.41, 5.74) is 0.913. The maximum absolute atomic E-state index is 12.6. The van der Waals surface area contributed by atoms with E-state index in [9.17, 15) is 9.59 Å². The van der Waals surface area contributed by atoms with Crippen molar-refractivity contribution in [3.63, 3.8) is 0 Å². The standard InChI is InChI=1S/C19H19ClN2O5/c1-11-19(24)22(14-6-4-5-7-15(14)27-11)10-18(23)21-13-9-17(26-3)16(25-2)8-12(13)20/h4-9,11H,10H2,1-3H3,(H,21,23). The third kappa shape index (κ3) is 3.78. The molecule has 1 heterocycles. The van der Waals surface area contributed by atoms with Crippen molar-refractivity contribution < 1.29 is 23.8 Å². The van der Waals surface area contributed by atoms with Crippen molar-refractivity contribution in [2.75, 3.05) is 31.0 Å². The second-order valence-electron chi connectivity index (χ2n) is 5.89. The normalized spacial score (nSPS) is 15.6. The quantitative estimate of drug-likeness (QED) is 0.848. The van der Waals surface area contributed by atoms with Gasteiger partial charge in [-0.1, -0.05) is 23.7 Å². The molecule has 0 bridgehead atoms. The maximum atomic E-state index is 12.6. The molecule has 0 spiro atoms. The van der Waals surface area contributed by atoms with Crippen LogP contribution >= 0.6 is 11.6 Å². The zero-order valence-corrected chi connectivity index (χ0v) is 15.9. The molecule has 1 N–H and O–H groups in total. The molecule has 0 aromatic heterocycles. The fraction of sp³-hybridized carbons (Fsp3) is 0.263. The number of carbonyl (C=O) groups is 2. The minimum absolute atomic E-state index is 0.172. The number of para-hydroxylation sites is 2. The fourth-order valence-electron chi connectivity index (χ4n) is 2.81. The molecule has 2 aromatic rings. The van der Waals surface area contributed by atoms with Gasteiger partial charge in [0.2, 0.25) is 5.91 Å². The number of rotatable bonds is 5. The summed E-state index contributed by atoms with van der Waals surface area (Å²) in [6, 6.07) is 10.2. The SMILES string of the molecule is COc1cc(Cl)c(NC(=O)CN2C(=O)C(C)Oc3ccccc32)cc1OC. The first-order valence-electron chi connectivity index (χ1n) is 8.23. The third-order valence-electron chi connectivity index (χ3n) is 4.12. The minimum Gasteiger partial charge on any atom is -0.493 e. The highest BCUT2D eigenvalue weighted by atomic mass is 35.5. The number of methoxy groups -OCH3 is 2. The van der Waals surface area contributed by atoms with E-state index >= 15 is 0 Å². The van der Waals surface area contributed by atoms with E-state index in [0.29, 0.717) is 33.6 Å². The predicted molar refractivity (Wildman–Crippen MR) is 102 cm³/mol. The second-order valence-corrected chi connectivity index (χ2v) is 6.29. The number of fused-ring (bicyclic) bond motifs is 1. The largest absolute Gasteiger partial charge is 0.493 e. The first-order valence-corrected chi connectivity index (χ1v) is 8.60. The van der Waals surface area contributed by atoms with Crippen molar-refractivity contribution in [3.05, 3.63) is 41.4 Å². The summed E-state index contributed by atoms with van der Waals surface area (Å²) in [5, 5.41) is 3.00. The van der Waals surface area contributed by atoms with Gasteiger partial charge in [0.15, 0.2) is 17.6 Å².